The Morgan fingerprint density at radius 2 is 2.03 bits per heavy atom. The van der Waals surface area contributed by atoms with E-state index in [4.69, 9.17) is 9.47 Å². The van der Waals surface area contributed by atoms with Crippen LogP contribution in [0.4, 0.5) is 0 Å². The van der Waals surface area contributed by atoms with Gasteiger partial charge < -0.3 is 24.4 Å². The molecule has 3 aliphatic rings. The van der Waals surface area contributed by atoms with Gasteiger partial charge in [-0.15, -0.1) is 13.2 Å². The Kier molecular flexibility index (Phi) is 8.81. The Bertz CT molecular complexity index is 830. The zero-order chi connectivity index (χ0) is 25.8. The van der Waals surface area contributed by atoms with Crippen LogP contribution in [0.25, 0.3) is 0 Å². The molecular weight excluding hydrogens is 448 g/mol. The monoisotopic (exact) mass is 490 g/mol. The van der Waals surface area contributed by atoms with Gasteiger partial charge in [-0.3, -0.25) is 14.4 Å². The second-order valence-corrected chi connectivity index (χ2v) is 10.4. The molecule has 6 atom stereocenters. The van der Waals surface area contributed by atoms with Crippen molar-refractivity contribution in [3.63, 3.8) is 0 Å². The maximum Gasteiger partial charge on any atom is 0.312 e. The summed E-state index contributed by atoms with van der Waals surface area (Å²) in [6.07, 6.45) is 8.77. The normalized spacial score (nSPS) is 31.8. The number of hydrogen-bond acceptors (Lipinski definition) is 6. The first-order chi connectivity index (χ1) is 16.7. The molecule has 3 rings (SSSR count). The molecule has 0 saturated carbocycles. The van der Waals surface area contributed by atoms with Crippen molar-refractivity contribution in [1.82, 2.24) is 9.80 Å². The van der Waals surface area contributed by atoms with E-state index in [2.05, 4.69) is 20.1 Å². The zero-order valence-electron chi connectivity index (χ0n) is 21.5. The summed E-state index contributed by atoms with van der Waals surface area (Å²) < 4.78 is 12.2. The molecule has 0 aromatic heterocycles. The van der Waals surface area contributed by atoms with Crippen LogP contribution in [0, 0.1) is 11.8 Å². The van der Waals surface area contributed by atoms with E-state index in [0.29, 0.717) is 32.4 Å². The lowest BCUT2D eigenvalue weighted by molar-refractivity contribution is -0.161. The van der Waals surface area contributed by atoms with Gasteiger partial charge in [0.1, 0.15) is 17.6 Å². The minimum absolute atomic E-state index is 0.207. The number of esters is 1. The third-order valence-electron chi connectivity index (χ3n) is 7.93. The fourth-order valence-corrected chi connectivity index (χ4v) is 6.23. The van der Waals surface area contributed by atoms with Crippen molar-refractivity contribution < 1.29 is 29.0 Å². The third kappa shape index (κ3) is 4.79. The second-order valence-electron chi connectivity index (χ2n) is 10.4. The molecule has 0 radical (unpaired) electrons. The molecule has 0 aromatic rings. The van der Waals surface area contributed by atoms with Crippen LogP contribution in [-0.4, -0.2) is 82.3 Å². The minimum Gasteiger partial charge on any atom is -0.465 e. The van der Waals surface area contributed by atoms with Crippen LogP contribution in [0.5, 0.6) is 0 Å². The Balaban J connectivity index is 1.96. The van der Waals surface area contributed by atoms with Gasteiger partial charge in [-0.25, -0.2) is 0 Å². The highest BCUT2D eigenvalue weighted by Crippen LogP contribution is 2.63. The summed E-state index contributed by atoms with van der Waals surface area (Å²) in [6, 6.07) is -1.48. The number of nitrogens with zero attached hydrogens (tertiary/aromatic N) is 2. The van der Waals surface area contributed by atoms with E-state index in [9.17, 15) is 19.5 Å². The molecule has 2 bridgehead atoms. The van der Waals surface area contributed by atoms with Gasteiger partial charge in [-0.1, -0.05) is 31.9 Å². The molecule has 1 spiro atoms. The average Bonchev–Trinajstić information content (AvgIpc) is 3.41. The van der Waals surface area contributed by atoms with Crippen molar-refractivity contribution in [2.24, 2.45) is 11.8 Å². The predicted molar refractivity (Wildman–Crippen MR) is 132 cm³/mol. The highest BCUT2D eigenvalue weighted by Gasteiger charge is 2.78. The molecule has 35 heavy (non-hydrogen) atoms. The molecule has 1 N–H and O–H groups in total. The van der Waals surface area contributed by atoms with E-state index in [-0.39, 0.29) is 25.0 Å². The van der Waals surface area contributed by atoms with Gasteiger partial charge in [-0.05, 0) is 46.0 Å². The zero-order valence-corrected chi connectivity index (χ0v) is 21.5. The van der Waals surface area contributed by atoms with Crippen LogP contribution < -0.4 is 0 Å². The number of carbonyl (C=O) groups excluding carboxylic acids is 3. The van der Waals surface area contributed by atoms with Gasteiger partial charge in [0, 0.05) is 13.1 Å². The SMILES string of the molecule is C=CCCCOC(=O)[C@@H]1[C@H]2C(=O)N([C@H](C)CO)C(C(=O)N(CC=C)CCCCC)C23CC[C@@]1(C)O3. The summed E-state index contributed by atoms with van der Waals surface area (Å²) in [7, 11) is 0. The number of unbranched alkanes of at least 4 members (excludes halogenated alkanes) is 3. The van der Waals surface area contributed by atoms with Crippen molar-refractivity contribution in [1.29, 1.82) is 0 Å². The van der Waals surface area contributed by atoms with Gasteiger partial charge in [0.15, 0.2) is 0 Å². The lowest BCUT2D eigenvalue weighted by Crippen LogP contribution is -2.58. The maximum absolute atomic E-state index is 14.1. The smallest absolute Gasteiger partial charge is 0.312 e. The molecule has 2 amide bonds. The van der Waals surface area contributed by atoms with Crippen LogP contribution in [0.3, 0.4) is 0 Å². The fourth-order valence-electron chi connectivity index (χ4n) is 6.23. The number of amides is 2. The number of fused-ring (bicyclic) bond motifs is 1. The molecule has 3 aliphatic heterocycles. The molecule has 2 unspecified atom stereocenters. The van der Waals surface area contributed by atoms with Crippen molar-refractivity contribution in [2.45, 2.75) is 89.0 Å². The number of carbonyl (C=O) groups is 3. The van der Waals surface area contributed by atoms with Crippen LogP contribution in [-0.2, 0) is 23.9 Å². The van der Waals surface area contributed by atoms with Gasteiger partial charge in [0.05, 0.1) is 30.8 Å². The molecule has 0 aromatic carbocycles. The summed E-state index contributed by atoms with van der Waals surface area (Å²) in [6.45, 7) is 14.0. The van der Waals surface area contributed by atoms with Gasteiger partial charge in [-0.2, -0.15) is 0 Å². The minimum atomic E-state index is -1.11. The Morgan fingerprint density at radius 3 is 2.66 bits per heavy atom. The predicted octanol–water partition coefficient (Wildman–Crippen LogP) is 2.85. The van der Waals surface area contributed by atoms with E-state index < -0.39 is 41.1 Å². The van der Waals surface area contributed by atoms with Crippen LogP contribution >= 0.6 is 0 Å². The summed E-state index contributed by atoms with van der Waals surface area (Å²) in [5, 5.41) is 9.98. The number of hydrogen-bond donors (Lipinski definition) is 1. The molecule has 0 aliphatic carbocycles. The molecule has 8 nitrogen and oxygen atoms in total. The van der Waals surface area contributed by atoms with Gasteiger partial charge in [0.2, 0.25) is 11.8 Å². The Morgan fingerprint density at radius 1 is 1.29 bits per heavy atom. The van der Waals surface area contributed by atoms with E-state index in [1.807, 2.05) is 6.92 Å². The highest BCUT2D eigenvalue weighted by molar-refractivity contribution is 5.98. The topological polar surface area (TPSA) is 96.4 Å². The van der Waals surface area contributed by atoms with Crippen LogP contribution in [0.15, 0.2) is 25.3 Å². The largest absolute Gasteiger partial charge is 0.465 e. The van der Waals surface area contributed by atoms with E-state index >= 15 is 0 Å². The average molecular weight is 491 g/mol. The number of aliphatic hydroxyl groups excluding tert-OH is 1. The van der Waals surface area contributed by atoms with Crippen molar-refractivity contribution in [3.05, 3.63) is 25.3 Å². The lowest BCUT2D eigenvalue weighted by Gasteiger charge is -2.38. The lowest BCUT2D eigenvalue weighted by atomic mass is 9.66. The first kappa shape index (κ1) is 27.4. The molecule has 196 valence electrons. The number of aliphatic hydroxyl groups is 1. The molecule has 3 saturated heterocycles. The third-order valence-corrected chi connectivity index (χ3v) is 7.93. The quantitative estimate of drug-likeness (QED) is 0.229. The fraction of sp³-hybridized carbons (Fsp3) is 0.741. The summed E-state index contributed by atoms with van der Waals surface area (Å²) >= 11 is 0. The summed E-state index contributed by atoms with van der Waals surface area (Å²) in [5.41, 5.74) is -1.98. The van der Waals surface area contributed by atoms with Crippen molar-refractivity contribution >= 4 is 17.8 Å². The van der Waals surface area contributed by atoms with Crippen molar-refractivity contribution in [3.8, 4) is 0 Å². The number of allylic oxidation sites excluding steroid dienone is 1. The Hall–Kier alpha value is -2.19. The summed E-state index contributed by atoms with van der Waals surface area (Å²) in [5.74, 6) is -2.56. The van der Waals surface area contributed by atoms with E-state index in [1.165, 1.54) is 4.90 Å². The number of likely N-dealkylation sites (tertiary alicyclic amines) is 1. The molecular formula is C27H42N2O6. The first-order valence-electron chi connectivity index (χ1n) is 13.0. The number of ether oxygens (including phenoxy) is 2. The van der Waals surface area contributed by atoms with Crippen LogP contribution in [0.2, 0.25) is 0 Å². The molecule has 3 fully saturated rings. The molecule has 3 heterocycles. The van der Waals surface area contributed by atoms with Gasteiger partial charge in [0.25, 0.3) is 0 Å². The van der Waals surface area contributed by atoms with E-state index in [1.54, 1.807) is 24.0 Å². The Labute approximate surface area is 209 Å². The standard InChI is InChI=1S/C27H42N2O6/c1-6-9-11-16-28(15-8-3)24(32)22-27-14-13-26(5,35-27)21(25(33)34-17-12-10-7-2)20(27)23(31)29(22)19(4)18-30/h7-8,19-22,30H,2-3,6,9-18H2,1,4-5H3/t19-,20+,21+,22?,26-,27?/m1/s1. The van der Waals surface area contributed by atoms with Gasteiger partial charge >= 0.3 is 5.97 Å². The molecule has 8 heteroatoms. The van der Waals surface area contributed by atoms with Crippen LogP contribution in [0.1, 0.15) is 65.7 Å². The highest BCUT2D eigenvalue weighted by atomic mass is 16.6. The second kappa shape index (κ2) is 11.2. The number of rotatable bonds is 14. The van der Waals surface area contributed by atoms with Crippen molar-refractivity contribution in [2.75, 3.05) is 26.3 Å². The summed E-state index contributed by atoms with van der Waals surface area (Å²) in [4.78, 5) is 44.4. The van der Waals surface area contributed by atoms with E-state index in [0.717, 1.165) is 25.7 Å². The maximum atomic E-state index is 14.1. The first-order valence-corrected chi connectivity index (χ1v) is 13.0.